The minimum atomic E-state index is -3.61. The zero-order valence-corrected chi connectivity index (χ0v) is 17.1. The number of amides is 2. The summed E-state index contributed by atoms with van der Waals surface area (Å²) in [5.74, 6) is -0.344. The number of piperidine rings is 1. The zero-order chi connectivity index (χ0) is 20.9. The van der Waals surface area contributed by atoms with E-state index in [0.29, 0.717) is 38.0 Å². The summed E-state index contributed by atoms with van der Waals surface area (Å²) in [5.41, 5.74) is 1.37. The molecule has 1 aliphatic rings. The molecule has 0 aromatic heterocycles. The number of nitrogens with one attached hydrogen (secondary N) is 2. The van der Waals surface area contributed by atoms with E-state index in [4.69, 9.17) is 0 Å². The van der Waals surface area contributed by atoms with Crippen LogP contribution in [0.3, 0.4) is 0 Å². The van der Waals surface area contributed by atoms with Gasteiger partial charge in [-0.25, -0.2) is 13.1 Å². The van der Waals surface area contributed by atoms with E-state index >= 15 is 0 Å². The van der Waals surface area contributed by atoms with Crippen molar-refractivity contribution >= 4 is 21.8 Å². The van der Waals surface area contributed by atoms with Crippen LogP contribution in [0.2, 0.25) is 0 Å². The Morgan fingerprint density at radius 3 is 2.38 bits per heavy atom. The predicted molar refractivity (Wildman–Crippen MR) is 110 cm³/mol. The molecular weight excluding hydrogens is 390 g/mol. The normalized spacial score (nSPS) is 15.1. The second-order valence-corrected chi connectivity index (χ2v) is 8.89. The molecule has 3 rings (SSSR count). The SMILES string of the molecule is CNS(=O)(=O)c1cccc(C(=O)N2CCC(C(=O)NCc3ccccc3)CC2)c1. The number of carbonyl (C=O) groups excluding carboxylic acids is 2. The Morgan fingerprint density at radius 2 is 1.72 bits per heavy atom. The molecule has 0 atom stereocenters. The average Bonchev–Trinajstić information content (AvgIpc) is 2.78. The summed E-state index contributed by atoms with van der Waals surface area (Å²) >= 11 is 0. The van der Waals surface area contributed by atoms with Crippen molar-refractivity contribution in [1.29, 1.82) is 0 Å². The van der Waals surface area contributed by atoms with E-state index in [9.17, 15) is 18.0 Å². The van der Waals surface area contributed by atoms with Crippen LogP contribution in [0, 0.1) is 5.92 Å². The number of sulfonamides is 1. The first-order valence-electron chi connectivity index (χ1n) is 9.55. The van der Waals surface area contributed by atoms with Gasteiger partial charge < -0.3 is 10.2 Å². The first kappa shape index (κ1) is 21.0. The van der Waals surface area contributed by atoms with Gasteiger partial charge in [0.2, 0.25) is 15.9 Å². The maximum absolute atomic E-state index is 12.8. The molecule has 1 heterocycles. The highest BCUT2D eigenvalue weighted by Gasteiger charge is 2.28. The van der Waals surface area contributed by atoms with Crippen molar-refractivity contribution in [3.63, 3.8) is 0 Å². The van der Waals surface area contributed by atoms with Crippen LogP contribution >= 0.6 is 0 Å². The van der Waals surface area contributed by atoms with Gasteiger partial charge in [0.1, 0.15) is 0 Å². The molecule has 2 aromatic carbocycles. The molecule has 0 saturated carbocycles. The molecule has 0 unspecified atom stereocenters. The largest absolute Gasteiger partial charge is 0.352 e. The molecule has 2 aromatic rings. The van der Waals surface area contributed by atoms with E-state index in [0.717, 1.165) is 5.56 Å². The fourth-order valence-corrected chi connectivity index (χ4v) is 4.15. The Kier molecular flexibility index (Phi) is 6.66. The van der Waals surface area contributed by atoms with E-state index in [-0.39, 0.29) is 22.6 Å². The Labute approximate surface area is 171 Å². The van der Waals surface area contributed by atoms with Gasteiger partial charge in [-0.3, -0.25) is 9.59 Å². The highest BCUT2D eigenvalue weighted by molar-refractivity contribution is 7.89. The lowest BCUT2D eigenvalue weighted by molar-refractivity contribution is -0.126. The van der Waals surface area contributed by atoms with Crippen LogP contribution in [0.1, 0.15) is 28.8 Å². The van der Waals surface area contributed by atoms with Crippen molar-refractivity contribution < 1.29 is 18.0 Å². The van der Waals surface area contributed by atoms with Crippen molar-refractivity contribution in [3.8, 4) is 0 Å². The number of benzene rings is 2. The summed E-state index contributed by atoms with van der Waals surface area (Å²) in [6.07, 6.45) is 1.17. The topological polar surface area (TPSA) is 95.6 Å². The van der Waals surface area contributed by atoms with Crippen LogP contribution < -0.4 is 10.0 Å². The molecular formula is C21H25N3O4S. The summed E-state index contributed by atoms with van der Waals surface area (Å²) < 4.78 is 26.2. The van der Waals surface area contributed by atoms with Crippen molar-refractivity contribution in [3.05, 3.63) is 65.7 Å². The third-order valence-electron chi connectivity index (χ3n) is 5.12. The maximum Gasteiger partial charge on any atom is 0.253 e. The van der Waals surface area contributed by atoms with Gasteiger partial charge in [-0.15, -0.1) is 0 Å². The molecule has 1 fully saturated rings. The molecule has 1 saturated heterocycles. The number of hydrogen-bond acceptors (Lipinski definition) is 4. The lowest BCUT2D eigenvalue weighted by Gasteiger charge is -2.31. The first-order valence-corrected chi connectivity index (χ1v) is 11.0. The lowest BCUT2D eigenvalue weighted by Crippen LogP contribution is -2.43. The molecule has 0 bridgehead atoms. The highest BCUT2D eigenvalue weighted by atomic mass is 32.2. The van der Waals surface area contributed by atoms with E-state index in [1.54, 1.807) is 17.0 Å². The Balaban J connectivity index is 1.56. The van der Waals surface area contributed by atoms with Gasteiger partial charge in [-0.2, -0.15) is 0 Å². The minimum absolute atomic E-state index is 0.00284. The van der Waals surface area contributed by atoms with Gasteiger partial charge in [0.15, 0.2) is 0 Å². The molecule has 2 N–H and O–H groups in total. The van der Waals surface area contributed by atoms with Gasteiger partial charge in [0.05, 0.1) is 4.90 Å². The Bertz CT molecular complexity index is 968. The zero-order valence-electron chi connectivity index (χ0n) is 16.3. The summed E-state index contributed by atoms with van der Waals surface area (Å²) in [7, 11) is -2.28. The van der Waals surface area contributed by atoms with Crippen LogP contribution in [0.25, 0.3) is 0 Å². The quantitative estimate of drug-likeness (QED) is 0.752. The van der Waals surface area contributed by atoms with E-state index in [1.165, 1.54) is 19.2 Å². The van der Waals surface area contributed by atoms with Crippen LogP contribution in [-0.4, -0.2) is 45.3 Å². The van der Waals surface area contributed by atoms with Crippen LogP contribution in [0.4, 0.5) is 0 Å². The molecule has 1 aliphatic heterocycles. The second kappa shape index (κ2) is 9.19. The summed E-state index contributed by atoms with van der Waals surface area (Å²) in [6.45, 7) is 1.42. The van der Waals surface area contributed by atoms with Gasteiger partial charge in [0, 0.05) is 31.1 Å². The minimum Gasteiger partial charge on any atom is -0.352 e. The van der Waals surface area contributed by atoms with Gasteiger partial charge in [-0.05, 0) is 43.7 Å². The maximum atomic E-state index is 12.8. The second-order valence-electron chi connectivity index (χ2n) is 7.01. The first-order chi connectivity index (χ1) is 13.9. The van der Waals surface area contributed by atoms with Gasteiger partial charge in [0.25, 0.3) is 5.91 Å². The summed E-state index contributed by atoms with van der Waals surface area (Å²) in [5, 5.41) is 2.96. The number of carbonyl (C=O) groups is 2. The van der Waals surface area contributed by atoms with Crippen molar-refractivity contribution in [2.24, 2.45) is 5.92 Å². The van der Waals surface area contributed by atoms with Crippen molar-refractivity contribution in [2.45, 2.75) is 24.3 Å². The van der Waals surface area contributed by atoms with E-state index < -0.39 is 10.0 Å². The molecule has 7 nitrogen and oxygen atoms in total. The number of nitrogens with zero attached hydrogens (tertiary/aromatic N) is 1. The van der Waals surface area contributed by atoms with Crippen LogP contribution in [-0.2, 0) is 21.4 Å². The number of likely N-dealkylation sites (tertiary alicyclic amines) is 1. The van der Waals surface area contributed by atoms with Crippen molar-refractivity contribution in [2.75, 3.05) is 20.1 Å². The monoisotopic (exact) mass is 415 g/mol. The average molecular weight is 416 g/mol. The molecule has 29 heavy (non-hydrogen) atoms. The standard InChI is InChI=1S/C21H25N3O4S/c1-22-29(27,28)19-9-5-8-18(14-19)21(26)24-12-10-17(11-13-24)20(25)23-15-16-6-3-2-4-7-16/h2-9,14,17,22H,10-13,15H2,1H3,(H,23,25). The Morgan fingerprint density at radius 1 is 1.03 bits per heavy atom. The number of hydrogen-bond donors (Lipinski definition) is 2. The van der Waals surface area contributed by atoms with Gasteiger partial charge in [-0.1, -0.05) is 36.4 Å². The molecule has 154 valence electrons. The smallest absolute Gasteiger partial charge is 0.253 e. The third kappa shape index (κ3) is 5.21. The lowest BCUT2D eigenvalue weighted by atomic mass is 9.95. The summed E-state index contributed by atoms with van der Waals surface area (Å²) in [4.78, 5) is 26.9. The highest BCUT2D eigenvalue weighted by Crippen LogP contribution is 2.20. The molecule has 0 radical (unpaired) electrons. The fourth-order valence-electron chi connectivity index (χ4n) is 3.37. The van der Waals surface area contributed by atoms with E-state index in [2.05, 4.69) is 10.0 Å². The third-order valence-corrected chi connectivity index (χ3v) is 6.53. The summed E-state index contributed by atoms with van der Waals surface area (Å²) in [6, 6.07) is 15.7. The molecule has 0 spiro atoms. The van der Waals surface area contributed by atoms with Crippen LogP contribution in [0.5, 0.6) is 0 Å². The van der Waals surface area contributed by atoms with Crippen LogP contribution in [0.15, 0.2) is 59.5 Å². The van der Waals surface area contributed by atoms with Gasteiger partial charge >= 0.3 is 0 Å². The Hall–Kier alpha value is -2.71. The fraction of sp³-hybridized carbons (Fsp3) is 0.333. The molecule has 0 aliphatic carbocycles. The number of rotatable bonds is 6. The predicted octanol–water partition coefficient (Wildman–Crippen LogP) is 1.76. The van der Waals surface area contributed by atoms with E-state index in [1.807, 2.05) is 30.3 Å². The van der Waals surface area contributed by atoms with Crippen molar-refractivity contribution in [1.82, 2.24) is 14.9 Å². The molecule has 2 amide bonds. The molecule has 8 heteroatoms.